The summed E-state index contributed by atoms with van der Waals surface area (Å²) >= 11 is 0. The lowest BCUT2D eigenvalue weighted by atomic mass is 9.94. The molecule has 3 nitrogen and oxygen atoms in total. The lowest BCUT2D eigenvalue weighted by Gasteiger charge is -2.27. The van der Waals surface area contributed by atoms with Gasteiger partial charge in [0.25, 0.3) is 0 Å². The van der Waals surface area contributed by atoms with Crippen LogP contribution in [0.3, 0.4) is 0 Å². The van der Waals surface area contributed by atoms with E-state index in [1.54, 1.807) is 0 Å². The second-order valence-corrected chi connectivity index (χ2v) is 4.23. The molecule has 0 unspecified atom stereocenters. The van der Waals surface area contributed by atoms with Gasteiger partial charge >= 0.3 is 0 Å². The van der Waals surface area contributed by atoms with Gasteiger partial charge in [0, 0.05) is 5.54 Å². The van der Waals surface area contributed by atoms with Gasteiger partial charge in [-0.2, -0.15) is 0 Å². The van der Waals surface area contributed by atoms with E-state index >= 15 is 0 Å². The summed E-state index contributed by atoms with van der Waals surface area (Å²) in [6, 6.07) is 6.10. The van der Waals surface area contributed by atoms with Gasteiger partial charge in [0.2, 0.25) is 0 Å². The molecule has 15 heavy (non-hydrogen) atoms. The van der Waals surface area contributed by atoms with E-state index in [2.05, 4.69) is 25.2 Å². The maximum absolute atomic E-state index is 5.55. The molecular weight excluding hydrogens is 190 g/mol. The Labute approximate surface area is 90.4 Å². The van der Waals surface area contributed by atoms with Crippen molar-refractivity contribution >= 4 is 0 Å². The van der Waals surface area contributed by atoms with Crippen molar-refractivity contribution in [3.63, 3.8) is 0 Å². The Balaban J connectivity index is 2.36. The smallest absolute Gasteiger partial charge is 0.161 e. The number of rotatable bonds is 2. The molecular formula is C12H17NO2. The summed E-state index contributed by atoms with van der Waals surface area (Å²) in [5, 5.41) is 3.27. The van der Waals surface area contributed by atoms with Crippen LogP contribution in [0.1, 0.15) is 19.4 Å². The second-order valence-electron chi connectivity index (χ2n) is 4.23. The molecule has 0 amide bonds. The average molecular weight is 207 g/mol. The molecule has 1 heterocycles. The number of ether oxygens (including phenoxy) is 2. The topological polar surface area (TPSA) is 30.5 Å². The molecule has 1 aromatic carbocycles. The molecule has 0 saturated heterocycles. The number of nitrogens with one attached hydrogen (secondary N) is 1. The lowest BCUT2D eigenvalue weighted by molar-refractivity contribution is 0.171. The molecule has 0 aromatic heterocycles. The SMILES string of the molecule is CNC(C)(C)c1ccc2c(c1)OCCO2. The van der Waals surface area contributed by atoms with Crippen LogP contribution < -0.4 is 14.8 Å². The molecule has 82 valence electrons. The van der Waals surface area contributed by atoms with Crippen molar-refractivity contribution in [2.24, 2.45) is 0 Å². The molecule has 0 bridgehead atoms. The van der Waals surface area contributed by atoms with Crippen LogP contribution in [0, 0.1) is 0 Å². The van der Waals surface area contributed by atoms with Crippen LogP contribution in [0.2, 0.25) is 0 Å². The minimum Gasteiger partial charge on any atom is -0.486 e. The Morgan fingerprint density at radius 1 is 1.13 bits per heavy atom. The highest BCUT2D eigenvalue weighted by molar-refractivity contribution is 5.45. The van der Waals surface area contributed by atoms with Crippen LogP contribution in [0.25, 0.3) is 0 Å². The Kier molecular flexibility index (Phi) is 2.57. The van der Waals surface area contributed by atoms with Crippen molar-refractivity contribution in [3.8, 4) is 11.5 Å². The van der Waals surface area contributed by atoms with E-state index in [-0.39, 0.29) is 5.54 Å². The summed E-state index contributed by atoms with van der Waals surface area (Å²) in [4.78, 5) is 0. The predicted molar refractivity (Wildman–Crippen MR) is 59.5 cm³/mol. The Bertz CT molecular complexity index is 361. The molecule has 0 spiro atoms. The number of fused-ring (bicyclic) bond motifs is 1. The van der Waals surface area contributed by atoms with Crippen LogP contribution in [-0.4, -0.2) is 20.3 Å². The summed E-state index contributed by atoms with van der Waals surface area (Å²) < 4.78 is 11.0. The van der Waals surface area contributed by atoms with E-state index in [9.17, 15) is 0 Å². The third-order valence-corrected chi connectivity index (χ3v) is 2.89. The molecule has 0 radical (unpaired) electrons. The Morgan fingerprint density at radius 3 is 2.47 bits per heavy atom. The molecule has 2 rings (SSSR count). The van der Waals surface area contributed by atoms with Gasteiger partial charge in [-0.15, -0.1) is 0 Å². The van der Waals surface area contributed by atoms with Crippen LogP contribution in [0.5, 0.6) is 11.5 Å². The zero-order chi connectivity index (χ0) is 10.9. The molecule has 0 saturated carbocycles. The molecule has 1 aliphatic heterocycles. The van der Waals surface area contributed by atoms with Gasteiger partial charge in [-0.1, -0.05) is 6.07 Å². The van der Waals surface area contributed by atoms with Gasteiger partial charge in [0.1, 0.15) is 13.2 Å². The van der Waals surface area contributed by atoms with E-state index in [1.165, 1.54) is 5.56 Å². The van der Waals surface area contributed by atoms with Crippen molar-refractivity contribution in [2.45, 2.75) is 19.4 Å². The first-order chi connectivity index (χ1) is 7.13. The van der Waals surface area contributed by atoms with Gasteiger partial charge in [0.15, 0.2) is 11.5 Å². The summed E-state index contributed by atoms with van der Waals surface area (Å²) in [6.45, 7) is 5.55. The van der Waals surface area contributed by atoms with Crippen LogP contribution >= 0.6 is 0 Å². The number of hydrogen-bond donors (Lipinski definition) is 1. The fraction of sp³-hybridized carbons (Fsp3) is 0.500. The fourth-order valence-corrected chi connectivity index (χ4v) is 1.58. The second kappa shape index (κ2) is 3.74. The molecule has 1 aliphatic rings. The van der Waals surface area contributed by atoms with E-state index in [0.717, 1.165) is 11.5 Å². The van der Waals surface area contributed by atoms with Gasteiger partial charge in [0.05, 0.1) is 0 Å². The van der Waals surface area contributed by atoms with Crippen LogP contribution in [0.4, 0.5) is 0 Å². The molecule has 1 aromatic rings. The predicted octanol–water partition coefficient (Wildman–Crippen LogP) is 1.91. The summed E-state index contributed by atoms with van der Waals surface area (Å²) in [5.41, 5.74) is 1.16. The van der Waals surface area contributed by atoms with Crippen molar-refractivity contribution < 1.29 is 9.47 Å². The molecule has 0 atom stereocenters. The highest BCUT2D eigenvalue weighted by Crippen LogP contribution is 2.33. The largest absolute Gasteiger partial charge is 0.486 e. The van der Waals surface area contributed by atoms with E-state index in [1.807, 2.05) is 19.2 Å². The summed E-state index contributed by atoms with van der Waals surface area (Å²) in [6.07, 6.45) is 0. The van der Waals surface area contributed by atoms with Gasteiger partial charge < -0.3 is 14.8 Å². The maximum Gasteiger partial charge on any atom is 0.161 e. The highest BCUT2D eigenvalue weighted by Gasteiger charge is 2.20. The minimum atomic E-state index is -0.0458. The first-order valence-corrected chi connectivity index (χ1v) is 5.22. The van der Waals surface area contributed by atoms with Gasteiger partial charge in [-0.3, -0.25) is 0 Å². The normalized spacial score (nSPS) is 15.1. The standard InChI is InChI=1S/C12H17NO2/c1-12(2,13-3)9-4-5-10-11(8-9)15-7-6-14-10/h4-5,8,13H,6-7H2,1-3H3. The van der Waals surface area contributed by atoms with Crippen molar-refractivity contribution in [2.75, 3.05) is 20.3 Å². The first kappa shape index (κ1) is 10.3. The fourth-order valence-electron chi connectivity index (χ4n) is 1.58. The Morgan fingerprint density at radius 2 is 1.80 bits per heavy atom. The number of benzene rings is 1. The molecule has 0 aliphatic carbocycles. The van der Waals surface area contributed by atoms with E-state index < -0.39 is 0 Å². The summed E-state index contributed by atoms with van der Waals surface area (Å²) in [7, 11) is 1.96. The van der Waals surface area contributed by atoms with Crippen molar-refractivity contribution in [1.29, 1.82) is 0 Å². The van der Waals surface area contributed by atoms with Crippen molar-refractivity contribution in [3.05, 3.63) is 23.8 Å². The van der Waals surface area contributed by atoms with Crippen LogP contribution in [-0.2, 0) is 5.54 Å². The van der Waals surface area contributed by atoms with Crippen LogP contribution in [0.15, 0.2) is 18.2 Å². The monoisotopic (exact) mass is 207 g/mol. The van der Waals surface area contributed by atoms with E-state index in [4.69, 9.17) is 9.47 Å². The summed E-state index contributed by atoms with van der Waals surface area (Å²) in [5.74, 6) is 1.69. The third-order valence-electron chi connectivity index (χ3n) is 2.89. The Hall–Kier alpha value is -1.22. The first-order valence-electron chi connectivity index (χ1n) is 5.22. The zero-order valence-corrected chi connectivity index (χ0v) is 9.46. The molecule has 0 fully saturated rings. The minimum absolute atomic E-state index is 0.0458. The van der Waals surface area contributed by atoms with E-state index in [0.29, 0.717) is 13.2 Å². The third kappa shape index (κ3) is 1.92. The van der Waals surface area contributed by atoms with Gasteiger partial charge in [-0.25, -0.2) is 0 Å². The zero-order valence-electron chi connectivity index (χ0n) is 9.46. The highest BCUT2D eigenvalue weighted by atomic mass is 16.6. The molecule has 1 N–H and O–H groups in total. The van der Waals surface area contributed by atoms with Gasteiger partial charge in [-0.05, 0) is 38.6 Å². The molecule has 3 heteroatoms. The number of hydrogen-bond acceptors (Lipinski definition) is 3. The van der Waals surface area contributed by atoms with Crippen molar-refractivity contribution in [1.82, 2.24) is 5.32 Å². The lowest BCUT2D eigenvalue weighted by Crippen LogP contribution is -2.33. The average Bonchev–Trinajstić information content (AvgIpc) is 2.28. The maximum atomic E-state index is 5.55. The quantitative estimate of drug-likeness (QED) is 0.803.